The number of hydrogen-bond donors (Lipinski definition) is 1. The molecule has 0 bridgehead atoms. The number of halogens is 1. The molecule has 17 heavy (non-hydrogen) atoms. The molecule has 2 rings (SSSR count). The molecular weight excluding hydrogens is 256 g/mol. The van der Waals surface area contributed by atoms with Gasteiger partial charge in [0.25, 0.3) is 0 Å². The molecule has 2 aliphatic rings. The van der Waals surface area contributed by atoms with E-state index >= 15 is 0 Å². The molecule has 2 fully saturated rings. The van der Waals surface area contributed by atoms with Crippen molar-refractivity contribution in [2.45, 2.75) is 43.9 Å². The van der Waals surface area contributed by atoms with Crippen molar-refractivity contribution in [3.8, 4) is 0 Å². The normalized spacial score (nSPS) is 28.4. The molecule has 2 heterocycles. The van der Waals surface area contributed by atoms with E-state index in [9.17, 15) is 4.79 Å². The maximum absolute atomic E-state index is 12.3. The van der Waals surface area contributed by atoms with E-state index in [1.165, 1.54) is 12.8 Å². The lowest BCUT2D eigenvalue weighted by molar-refractivity contribution is -0.134. The molecule has 2 saturated heterocycles. The molecule has 100 valence electrons. The van der Waals surface area contributed by atoms with Crippen molar-refractivity contribution in [1.82, 2.24) is 10.2 Å². The van der Waals surface area contributed by atoms with E-state index in [4.69, 9.17) is 0 Å². The van der Waals surface area contributed by atoms with Crippen LogP contribution in [0.25, 0.3) is 0 Å². The topological polar surface area (TPSA) is 32.3 Å². The van der Waals surface area contributed by atoms with E-state index in [1.54, 1.807) is 0 Å². The Morgan fingerprint density at radius 2 is 2.18 bits per heavy atom. The molecule has 5 heteroatoms. The minimum Gasteiger partial charge on any atom is -0.339 e. The Morgan fingerprint density at radius 1 is 1.41 bits per heavy atom. The highest BCUT2D eigenvalue weighted by Crippen LogP contribution is 2.30. The monoisotopic (exact) mass is 278 g/mol. The first-order valence-electron chi connectivity index (χ1n) is 6.25. The molecule has 1 N–H and O–H groups in total. The number of carbonyl (C=O) groups excluding carboxylic acids is 1. The second kappa shape index (κ2) is 6.30. The number of thioether (sulfide) groups is 1. The summed E-state index contributed by atoms with van der Waals surface area (Å²) in [6.07, 6.45) is 3.42. The van der Waals surface area contributed by atoms with Gasteiger partial charge in [-0.25, -0.2) is 0 Å². The van der Waals surface area contributed by atoms with Crippen LogP contribution in [0.4, 0.5) is 0 Å². The zero-order valence-corrected chi connectivity index (χ0v) is 12.3. The van der Waals surface area contributed by atoms with Crippen LogP contribution in [0.2, 0.25) is 0 Å². The van der Waals surface area contributed by atoms with Crippen molar-refractivity contribution in [1.29, 1.82) is 0 Å². The fourth-order valence-electron chi connectivity index (χ4n) is 2.49. The Kier molecular flexibility index (Phi) is 5.61. The molecule has 0 radical (unpaired) electrons. The van der Waals surface area contributed by atoms with Crippen LogP contribution in [0.15, 0.2) is 0 Å². The van der Waals surface area contributed by atoms with Gasteiger partial charge in [0.2, 0.25) is 5.91 Å². The summed E-state index contributed by atoms with van der Waals surface area (Å²) in [7, 11) is 0. The summed E-state index contributed by atoms with van der Waals surface area (Å²) in [5.41, 5.74) is 0. The van der Waals surface area contributed by atoms with Crippen molar-refractivity contribution in [2.24, 2.45) is 0 Å². The third-order valence-corrected chi connectivity index (χ3v) is 4.64. The van der Waals surface area contributed by atoms with Crippen molar-refractivity contribution in [3.63, 3.8) is 0 Å². The lowest BCUT2D eigenvalue weighted by Crippen LogP contribution is -2.54. The van der Waals surface area contributed by atoms with Crippen LogP contribution in [0.3, 0.4) is 0 Å². The number of nitrogens with zero attached hydrogens (tertiary/aromatic N) is 1. The van der Waals surface area contributed by atoms with E-state index in [0.29, 0.717) is 5.91 Å². The SMILES string of the molecule is CC1(C)CN(C(=O)[C@@H]2CCCCN2)CCS1.Cl. The van der Waals surface area contributed by atoms with E-state index in [2.05, 4.69) is 24.1 Å². The first-order chi connectivity index (χ1) is 7.58. The Labute approximate surface area is 114 Å². The summed E-state index contributed by atoms with van der Waals surface area (Å²) < 4.78 is 0.225. The largest absolute Gasteiger partial charge is 0.339 e. The zero-order chi connectivity index (χ0) is 11.6. The zero-order valence-electron chi connectivity index (χ0n) is 10.7. The summed E-state index contributed by atoms with van der Waals surface area (Å²) >= 11 is 1.97. The average molecular weight is 279 g/mol. The highest BCUT2D eigenvalue weighted by Gasteiger charge is 2.33. The molecule has 2 aliphatic heterocycles. The molecular formula is C12H23ClN2OS. The van der Waals surface area contributed by atoms with E-state index < -0.39 is 0 Å². The fraction of sp³-hybridized carbons (Fsp3) is 0.917. The summed E-state index contributed by atoms with van der Waals surface area (Å²) in [6.45, 7) is 7.28. The average Bonchev–Trinajstić information content (AvgIpc) is 2.28. The standard InChI is InChI=1S/C12H22N2OS.ClH/c1-12(2)9-14(7-8-16-12)11(15)10-5-3-4-6-13-10;/h10,13H,3-9H2,1-2H3;1H/t10-;/m0./s1. The fourth-order valence-corrected chi connectivity index (χ4v) is 3.60. The molecule has 0 unspecified atom stereocenters. The second-order valence-electron chi connectivity index (χ2n) is 5.37. The molecule has 0 aliphatic carbocycles. The Bertz CT molecular complexity index is 267. The summed E-state index contributed by atoms with van der Waals surface area (Å²) in [6, 6.07) is 0.0904. The van der Waals surface area contributed by atoms with Crippen molar-refractivity contribution in [2.75, 3.05) is 25.4 Å². The van der Waals surface area contributed by atoms with Gasteiger partial charge < -0.3 is 10.2 Å². The van der Waals surface area contributed by atoms with Gasteiger partial charge in [-0.3, -0.25) is 4.79 Å². The Hall–Kier alpha value is 0.0700. The van der Waals surface area contributed by atoms with Gasteiger partial charge in [-0.15, -0.1) is 12.4 Å². The summed E-state index contributed by atoms with van der Waals surface area (Å²) in [5.74, 6) is 1.40. The van der Waals surface area contributed by atoms with Gasteiger partial charge in [0.1, 0.15) is 0 Å². The molecule has 1 amide bonds. The van der Waals surface area contributed by atoms with Crippen LogP contribution < -0.4 is 5.32 Å². The molecule has 0 saturated carbocycles. The lowest BCUT2D eigenvalue weighted by Gasteiger charge is -2.39. The van der Waals surface area contributed by atoms with Crippen LogP contribution in [0.5, 0.6) is 0 Å². The molecule has 0 aromatic carbocycles. The van der Waals surface area contributed by atoms with Gasteiger partial charge in [0, 0.05) is 23.6 Å². The number of nitrogens with one attached hydrogen (secondary N) is 1. The third-order valence-electron chi connectivity index (χ3n) is 3.35. The second-order valence-corrected chi connectivity index (χ2v) is 7.17. The Morgan fingerprint density at radius 3 is 2.76 bits per heavy atom. The number of hydrogen-bond acceptors (Lipinski definition) is 3. The maximum Gasteiger partial charge on any atom is 0.239 e. The first-order valence-corrected chi connectivity index (χ1v) is 7.23. The van der Waals surface area contributed by atoms with Gasteiger partial charge in [-0.1, -0.05) is 6.42 Å². The molecule has 1 atom stereocenters. The lowest BCUT2D eigenvalue weighted by atomic mass is 10.0. The van der Waals surface area contributed by atoms with Crippen LogP contribution in [0, 0.1) is 0 Å². The van der Waals surface area contributed by atoms with Gasteiger partial charge in [-0.05, 0) is 33.2 Å². The molecule has 0 aromatic heterocycles. The summed E-state index contributed by atoms with van der Waals surface area (Å²) in [5, 5.41) is 3.35. The van der Waals surface area contributed by atoms with Crippen molar-refractivity contribution in [3.05, 3.63) is 0 Å². The van der Waals surface area contributed by atoms with Crippen LogP contribution >= 0.6 is 24.2 Å². The summed E-state index contributed by atoms with van der Waals surface area (Å²) in [4.78, 5) is 14.4. The maximum atomic E-state index is 12.3. The van der Waals surface area contributed by atoms with Gasteiger partial charge in [0.05, 0.1) is 6.04 Å². The van der Waals surface area contributed by atoms with Gasteiger partial charge in [-0.2, -0.15) is 11.8 Å². The van der Waals surface area contributed by atoms with Crippen molar-refractivity contribution < 1.29 is 4.79 Å². The van der Waals surface area contributed by atoms with Gasteiger partial charge in [0.15, 0.2) is 0 Å². The highest BCUT2D eigenvalue weighted by molar-refractivity contribution is 8.00. The Balaban J connectivity index is 0.00000144. The quantitative estimate of drug-likeness (QED) is 0.795. The third kappa shape index (κ3) is 4.04. The molecule has 0 aromatic rings. The van der Waals surface area contributed by atoms with E-state index in [1.807, 2.05) is 11.8 Å². The number of piperidine rings is 1. The van der Waals surface area contributed by atoms with Crippen LogP contribution in [-0.2, 0) is 4.79 Å². The van der Waals surface area contributed by atoms with Crippen molar-refractivity contribution >= 4 is 30.1 Å². The van der Waals surface area contributed by atoms with E-state index in [0.717, 1.165) is 31.8 Å². The number of rotatable bonds is 1. The number of carbonyl (C=O) groups is 1. The smallest absolute Gasteiger partial charge is 0.239 e. The number of amides is 1. The minimum absolute atomic E-state index is 0. The van der Waals surface area contributed by atoms with Crippen LogP contribution in [0.1, 0.15) is 33.1 Å². The predicted octanol–water partition coefficient (Wildman–Crippen LogP) is 1.90. The van der Waals surface area contributed by atoms with Gasteiger partial charge >= 0.3 is 0 Å². The highest BCUT2D eigenvalue weighted by atomic mass is 35.5. The van der Waals surface area contributed by atoms with E-state index in [-0.39, 0.29) is 23.2 Å². The minimum atomic E-state index is 0. The predicted molar refractivity (Wildman–Crippen MR) is 76.0 cm³/mol. The molecule has 3 nitrogen and oxygen atoms in total. The first kappa shape index (κ1) is 15.1. The molecule has 0 spiro atoms. The van der Waals surface area contributed by atoms with Crippen LogP contribution in [-0.4, -0.2) is 47.0 Å².